The maximum absolute atomic E-state index is 14.2. The van der Waals surface area contributed by atoms with Gasteiger partial charge >= 0.3 is 0 Å². The van der Waals surface area contributed by atoms with Crippen molar-refractivity contribution in [1.29, 1.82) is 0 Å². The first-order valence-electron chi connectivity index (χ1n) is 9.23. The van der Waals surface area contributed by atoms with E-state index >= 15 is 0 Å². The Balaban J connectivity index is 1.85. The van der Waals surface area contributed by atoms with Gasteiger partial charge in [-0.2, -0.15) is 11.8 Å². The molecule has 5 heteroatoms. The quantitative estimate of drug-likeness (QED) is 0.405. The molecule has 0 radical (unpaired) electrons. The number of hydrogen-bond donors (Lipinski definition) is 0. The van der Waals surface area contributed by atoms with Gasteiger partial charge in [-0.1, -0.05) is 51.5 Å². The van der Waals surface area contributed by atoms with Crippen molar-refractivity contribution >= 4 is 11.8 Å². The van der Waals surface area contributed by atoms with E-state index in [1.165, 1.54) is 44.6 Å². The van der Waals surface area contributed by atoms with E-state index in [4.69, 9.17) is 0 Å². The van der Waals surface area contributed by atoms with Gasteiger partial charge in [-0.15, -0.1) is 0 Å². The fourth-order valence-electron chi connectivity index (χ4n) is 2.87. The van der Waals surface area contributed by atoms with E-state index in [1.807, 2.05) is 10.8 Å². The Morgan fingerprint density at radius 3 is 2.52 bits per heavy atom. The van der Waals surface area contributed by atoms with E-state index in [2.05, 4.69) is 11.9 Å². The van der Waals surface area contributed by atoms with Crippen molar-refractivity contribution in [3.63, 3.8) is 0 Å². The molecule has 0 aliphatic heterocycles. The lowest BCUT2D eigenvalue weighted by Crippen LogP contribution is -2.08. The zero-order valence-corrected chi connectivity index (χ0v) is 15.8. The van der Waals surface area contributed by atoms with Crippen molar-refractivity contribution in [3.8, 4) is 0 Å². The minimum absolute atomic E-state index is 0.0325. The number of rotatable bonds is 12. The lowest BCUT2D eigenvalue weighted by molar-refractivity contribution is 0.561. The summed E-state index contributed by atoms with van der Waals surface area (Å²) in [6.07, 6.45) is 14.2. The number of nitrogens with zero attached hydrogens (tertiary/aromatic N) is 2. The molecule has 0 saturated carbocycles. The van der Waals surface area contributed by atoms with Gasteiger partial charge in [-0.05, 0) is 18.2 Å². The Morgan fingerprint density at radius 2 is 1.84 bits per heavy atom. The fourth-order valence-corrected chi connectivity index (χ4v) is 4.18. The van der Waals surface area contributed by atoms with Crippen LogP contribution in [0, 0.1) is 11.6 Å². The Hall–Kier alpha value is -1.36. The first-order valence-corrected chi connectivity index (χ1v) is 10.3. The summed E-state index contributed by atoms with van der Waals surface area (Å²) in [4.78, 5) is 4.05. The van der Waals surface area contributed by atoms with E-state index in [0.29, 0.717) is 12.1 Å². The van der Waals surface area contributed by atoms with E-state index < -0.39 is 11.6 Å². The van der Waals surface area contributed by atoms with Crippen molar-refractivity contribution in [1.82, 2.24) is 9.55 Å². The molecule has 1 atom stereocenters. The summed E-state index contributed by atoms with van der Waals surface area (Å²) in [6.45, 7) is 2.87. The predicted molar refractivity (Wildman–Crippen MR) is 102 cm³/mol. The topological polar surface area (TPSA) is 17.8 Å². The van der Waals surface area contributed by atoms with Gasteiger partial charge in [0.15, 0.2) is 0 Å². The van der Waals surface area contributed by atoms with Crippen LogP contribution in [0.2, 0.25) is 0 Å². The summed E-state index contributed by atoms with van der Waals surface area (Å²) in [5, 5.41) is -0.0325. The van der Waals surface area contributed by atoms with Gasteiger partial charge in [0.1, 0.15) is 11.6 Å². The normalized spacial score (nSPS) is 12.4. The summed E-state index contributed by atoms with van der Waals surface area (Å²) in [5.41, 5.74) is 0.572. The summed E-state index contributed by atoms with van der Waals surface area (Å²) in [5.74, 6) is 0.00105. The third-order valence-electron chi connectivity index (χ3n) is 4.31. The highest BCUT2D eigenvalue weighted by Gasteiger charge is 2.17. The van der Waals surface area contributed by atoms with E-state index in [0.717, 1.165) is 18.2 Å². The molecule has 0 bridgehead atoms. The average Bonchev–Trinajstić information content (AvgIpc) is 3.09. The molecule has 0 N–H and O–H groups in total. The average molecular weight is 367 g/mol. The van der Waals surface area contributed by atoms with Gasteiger partial charge in [-0.25, -0.2) is 13.8 Å². The maximum Gasteiger partial charge on any atom is 0.130 e. The molecule has 1 aromatic heterocycles. The van der Waals surface area contributed by atoms with Crippen LogP contribution in [0.1, 0.15) is 62.7 Å². The molecule has 0 fully saturated rings. The monoisotopic (exact) mass is 366 g/mol. The van der Waals surface area contributed by atoms with Gasteiger partial charge < -0.3 is 4.57 Å². The van der Waals surface area contributed by atoms with Gasteiger partial charge in [0.2, 0.25) is 0 Å². The van der Waals surface area contributed by atoms with Crippen LogP contribution in [0.5, 0.6) is 0 Å². The van der Waals surface area contributed by atoms with Gasteiger partial charge in [-0.3, -0.25) is 0 Å². The van der Waals surface area contributed by atoms with Crippen molar-refractivity contribution in [2.75, 3.05) is 5.75 Å². The third-order valence-corrected chi connectivity index (χ3v) is 5.64. The van der Waals surface area contributed by atoms with Crippen molar-refractivity contribution in [3.05, 3.63) is 54.1 Å². The molecule has 1 aromatic carbocycles. The maximum atomic E-state index is 14.2. The number of aromatic nitrogens is 2. The van der Waals surface area contributed by atoms with E-state index in [-0.39, 0.29) is 5.25 Å². The number of unbranched alkanes of at least 4 members (excludes halogenated alkanes) is 6. The molecule has 0 aliphatic rings. The first-order chi connectivity index (χ1) is 12.2. The molecule has 2 nitrogen and oxygen atoms in total. The van der Waals surface area contributed by atoms with Crippen LogP contribution in [-0.2, 0) is 6.54 Å². The smallest absolute Gasteiger partial charge is 0.130 e. The summed E-state index contributed by atoms with van der Waals surface area (Å²) in [6, 6.07) is 3.89. The zero-order chi connectivity index (χ0) is 17.9. The first kappa shape index (κ1) is 20.0. The second-order valence-corrected chi connectivity index (χ2v) is 7.72. The van der Waals surface area contributed by atoms with Crippen LogP contribution in [0.4, 0.5) is 8.78 Å². The summed E-state index contributed by atoms with van der Waals surface area (Å²) in [7, 11) is 0. The van der Waals surface area contributed by atoms with Gasteiger partial charge in [0.05, 0.1) is 11.6 Å². The second kappa shape index (κ2) is 11.3. The molecular weight excluding hydrogens is 338 g/mol. The lowest BCUT2D eigenvalue weighted by Gasteiger charge is -2.18. The zero-order valence-electron chi connectivity index (χ0n) is 15.0. The molecule has 0 saturated heterocycles. The minimum Gasteiger partial charge on any atom is -0.336 e. The summed E-state index contributed by atoms with van der Waals surface area (Å²) < 4.78 is 29.4. The van der Waals surface area contributed by atoms with Crippen LogP contribution in [-0.4, -0.2) is 15.3 Å². The number of thioether (sulfide) groups is 1. The van der Waals surface area contributed by atoms with Crippen LogP contribution < -0.4 is 0 Å². The predicted octanol–water partition coefficient (Wildman–Crippen LogP) is 6.39. The Kier molecular flexibility index (Phi) is 9.02. The van der Waals surface area contributed by atoms with E-state index in [9.17, 15) is 8.78 Å². The molecule has 2 rings (SSSR count). The number of imidazole rings is 1. The molecular formula is C20H28F2N2S. The highest BCUT2D eigenvalue weighted by Crippen LogP contribution is 2.33. The number of benzene rings is 1. The van der Waals surface area contributed by atoms with Crippen LogP contribution in [0.3, 0.4) is 0 Å². The number of hydrogen-bond acceptors (Lipinski definition) is 2. The molecule has 0 spiro atoms. The Bertz CT molecular complexity index is 602. The second-order valence-electron chi connectivity index (χ2n) is 6.41. The molecule has 138 valence electrons. The largest absolute Gasteiger partial charge is 0.336 e. The Morgan fingerprint density at radius 1 is 1.08 bits per heavy atom. The molecule has 1 unspecified atom stereocenters. The van der Waals surface area contributed by atoms with E-state index in [1.54, 1.807) is 30.4 Å². The molecule has 0 amide bonds. The van der Waals surface area contributed by atoms with Crippen molar-refractivity contribution in [2.24, 2.45) is 0 Å². The Labute approximate surface area is 154 Å². The molecule has 1 heterocycles. The van der Waals surface area contributed by atoms with Crippen LogP contribution in [0.15, 0.2) is 36.9 Å². The SMILES string of the molecule is CCCCCCCCCSC(Cn1ccnc1)c1ccc(F)cc1F. The van der Waals surface area contributed by atoms with Crippen molar-refractivity contribution in [2.45, 2.75) is 63.7 Å². The van der Waals surface area contributed by atoms with Gasteiger partial charge in [0.25, 0.3) is 0 Å². The molecule has 0 aliphatic carbocycles. The number of halogens is 2. The minimum atomic E-state index is -0.528. The van der Waals surface area contributed by atoms with Crippen LogP contribution in [0.25, 0.3) is 0 Å². The highest BCUT2D eigenvalue weighted by molar-refractivity contribution is 7.99. The molecule has 2 aromatic rings. The van der Waals surface area contributed by atoms with Crippen LogP contribution >= 0.6 is 11.8 Å². The summed E-state index contributed by atoms with van der Waals surface area (Å²) >= 11 is 1.75. The fraction of sp³-hybridized carbons (Fsp3) is 0.550. The highest BCUT2D eigenvalue weighted by atomic mass is 32.2. The van der Waals surface area contributed by atoms with Gasteiger partial charge in [0, 0.05) is 30.6 Å². The standard InChI is InChI=1S/C20H28F2N2S/c1-2-3-4-5-6-7-8-13-25-20(15-24-12-11-23-16-24)18-10-9-17(21)14-19(18)22/h9-12,14,16,20H,2-8,13,15H2,1H3. The molecule has 25 heavy (non-hydrogen) atoms. The van der Waals surface area contributed by atoms with Crippen molar-refractivity contribution < 1.29 is 8.78 Å². The lowest BCUT2D eigenvalue weighted by atomic mass is 10.1. The third kappa shape index (κ3) is 7.18.